The number of aromatic hydroxyl groups is 1. The second-order valence-electron chi connectivity index (χ2n) is 2.87. The molecule has 1 aromatic rings. The maximum absolute atomic E-state index is 9.69. The summed E-state index contributed by atoms with van der Waals surface area (Å²) in [5.41, 5.74) is 0.700. The summed E-state index contributed by atoms with van der Waals surface area (Å²) in [5.74, 6) is 0.399. The molecular weight excluding hydrogens is 220 g/mol. The lowest BCUT2D eigenvalue weighted by molar-refractivity contribution is 0.184. The van der Waals surface area contributed by atoms with E-state index in [0.29, 0.717) is 22.9 Å². The average Bonchev–Trinajstić information content (AvgIpc) is 2.23. The van der Waals surface area contributed by atoms with Crippen molar-refractivity contribution >= 4 is 11.6 Å². The Bertz CT molecular complexity index is 352. The van der Waals surface area contributed by atoms with Crippen LogP contribution in [0.5, 0.6) is 17.2 Å². The van der Waals surface area contributed by atoms with Crippen LogP contribution in [0.3, 0.4) is 0 Å². The molecule has 4 nitrogen and oxygen atoms in total. The molecule has 1 rings (SSSR count). The molecule has 0 bridgehead atoms. The van der Waals surface area contributed by atoms with E-state index in [0.717, 1.165) is 0 Å². The topological polar surface area (TPSA) is 47.9 Å². The number of rotatable bonds is 4. The van der Waals surface area contributed by atoms with E-state index in [9.17, 15) is 5.11 Å². The minimum atomic E-state index is -0.107. The third-order valence-corrected chi connectivity index (χ3v) is 2.37. The molecule has 0 radical (unpaired) electrons. The first kappa shape index (κ1) is 11.9. The number of benzene rings is 1. The Morgan fingerprint density at radius 2 is 1.93 bits per heavy atom. The van der Waals surface area contributed by atoms with Crippen molar-refractivity contribution in [3.05, 3.63) is 16.7 Å². The molecule has 0 saturated heterocycles. The summed E-state index contributed by atoms with van der Waals surface area (Å²) in [6.07, 6.45) is 0. The van der Waals surface area contributed by atoms with Crippen molar-refractivity contribution in [1.82, 2.24) is 0 Å². The fourth-order valence-corrected chi connectivity index (χ4v) is 1.53. The van der Waals surface area contributed by atoms with Gasteiger partial charge in [-0.1, -0.05) is 11.6 Å². The van der Waals surface area contributed by atoms with Crippen LogP contribution in [0.25, 0.3) is 0 Å². The van der Waals surface area contributed by atoms with Crippen molar-refractivity contribution in [2.75, 3.05) is 21.3 Å². The van der Waals surface area contributed by atoms with Gasteiger partial charge >= 0.3 is 0 Å². The van der Waals surface area contributed by atoms with Gasteiger partial charge in [-0.05, 0) is 6.07 Å². The first-order valence-electron chi connectivity index (χ1n) is 4.27. The maximum atomic E-state index is 9.69. The molecule has 0 unspecified atom stereocenters. The third kappa shape index (κ3) is 2.27. The van der Waals surface area contributed by atoms with E-state index in [2.05, 4.69) is 0 Å². The van der Waals surface area contributed by atoms with Crippen LogP contribution < -0.4 is 9.47 Å². The van der Waals surface area contributed by atoms with Crippen LogP contribution in [0.15, 0.2) is 6.07 Å². The second kappa shape index (κ2) is 5.09. The van der Waals surface area contributed by atoms with E-state index >= 15 is 0 Å². The minimum absolute atomic E-state index is 0.107. The Hall–Kier alpha value is -1.13. The number of hydrogen-bond acceptors (Lipinski definition) is 4. The van der Waals surface area contributed by atoms with Gasteiger partial charge in [-0.15, -0.1) is 0 Å². The zero-order valence-electron chi connectivity index (χ0n) is 8.83. The lowest BCUT2D eigenvalue weighted by Gasteiger charge is -2.13. The molecule has 0 aliphatic rings. The van der Waals surface area contributed by atoms with Gasteiger partial charge in [-0.3, -0.25) is 0 Å². The van der Waals surface area contributed by atoms with Crippen LogP contribution in [0, 0.1) is 0 Å². The van der Waals surface area contributed by atoms with E-state index in [-0.39, 0.29) is 11.5 Å². The predicted molar refractivity (Wildman–Crippen MR) is 56.9 cm³/mol. The first-order valence-corrected chi connectivity index (χ1v) is 4.64. The highest BCUT2D eigenvalue weighted by Gasteiger charge is 2.17. The van der Waals surface area contributed by atoms with Crippen molar-refractivity contribution in [2.24, 2.45) is 0 Å². The molecule has 0 aliphatic heterocycles. The van der Waals surface area contributed by atoms with Gasteiger partial charge in [0.2, 0.25) is 5.75 Å². The van der Waals surface area contributed by atoms with Gasteiger partial charge in [0.1, 0.15) is 0 Å². The van der Waals surface area contributed by atoms with Gasteiger partial charge in [-0.25, -0.2) is 0 Å². The summed E-state index contributed by atoms with van der Waals surface area (Å²) in [6, 6.07) is 1.61. The SMILES string of the molecule is COCc1cc(OC)c(O)c(OC)c1Cl. The summed E-state index contributed by atoms with van der Waals surface area (Å²) < 4.78 is 14.9. The van der Waals surface area contributed by atoms with Crippen LogP contribution in [-0.4, -0.2) is 26.4 Å². The Labute approximate surface area is 93.3 Å². The predicted octanol–water partition coefficient (Wildman–Crippen LogP) is 2.21. The minimum Gasteiger partial charge on any atom is -0.502 e. The quantitative estimate of drug-likeness (QED) is 0.865. The Morgan fingerprint density at radius 1 is 1.27 bits per heavy atom. The van der Waals surface area contributed by atoms with Gasteiger partial charge in [-0.2, -0.15) is 0 Å². The highest BCUT2D eigenvalue weighted by Crippen LogP contribution is 2.43. The summed E-state index contributed by atoms with van der Waals surface area (Å²) in [7, 11) is 4.44. The second-order valence-corrected chi connectivity index (χ2v) is 3.24. The summed E-state index contributed by atoms with van der Waals surface area (Å²) in [4.78, 5) is 0. The zero-order valence-corrected chi connectivity index (χ0v) is 9.59. The van der Waals surface area contributed by atoms with Gasteiger partial charge in [0.25, 0.3) is 0 Å². The molecule has 0 saturated carbocycles. The molecule has 0 aliphatic carbocycles. The van der Waals surface area contributed by atoms with Crippen LogP contribution in [0.2, 0.25) is 5.02 Å². The number of phenolic OH excluding ortho intramolecular Hbond substituents is 1. The van der Waals surface area contributed by atoms with Crippen LogP contribution >= 0.6 is 11.6 Å². The van der Waals surface area contributed by atoms with Crippen LogP contribution in [0.4, 0.5) is 0 Å². The lowest BCUT2D eigenvalue weighted by Crippen LogP contribution is -1.96. The first-order chi connectivity index (χ1) is 7.15. The highest BCUT2D eigenvalue weighted by atomic mass is 35.5. The summed E-state index contributed by atoms with van der Waals surface area (Å²) >= 11 is 6.00. The third-order valence-electron chi connectivity index (χ3n) is 1.96. The molecular formula is C10H13ClO4. The van der Waals surface area contributed by atoms with Crippen molar-refractivity contribution in [3.63, 3.8) is 0 Å². The average molecular weight is 233 g/mol. The number of methoxy groups -OCH3 is 3. The number of ether oxygens (including phenoxy) is 3. The lowest BCUT2D eigenvalue weighted by atomic mass is 10.2. The Morgan fingerprint density at radius 3 is 2.40 bits per heavy atom. The standard InChI is InChI=1S/C10H13ClO4/c1-13-5-6-4-7(14-2)9(12)10(15-3)8(6)11/h4,12H,5H2,1-3H3. The molecule has 0 aromatic heterocycles. The molecule has 1 N–H and O–H groups in total. The van der Waals surface area contributed by atoms with Gasteiger partial charge in [0, 0.05) is 12.7 Å². The van der Waals surface area contributed by atoms with E-state index < -0.39 is 0 Å². The summed E-state index contributed by atoms with van der Waals surface area (Å²) in [6.45, 7) is 0.325. The molecule has 15 heavy (non-hydrogen) atoms. The van der Waals surface area contributed by atoms with Crippen molar-refractivity contribution in [1.29, 1.82) is 0 Å². The van der Waals surface area contributed by atoms with Crippen LogP contribution in [-0.2, 0) is 11.3 Å². The van der Waals surface area contributed by atoms with E-state index in [4.69, 9.17) is 25.8 Å². The number of halogens is 1. The van der Waals surface area contributed by atoms with Gasteiger partial charge in [0.15, 0.2) is 11.5 Å². The monoisotopic (exact) mass is 232 g/mol. The fraction of sp³-hybridized carbons (Fsp3) is 0.400. The molecule has 0 fully saturated rings. The van der Waals surface area contributed by atoms with Crippen LogP contribution in [0.1, 0.15) is 5.56 Å². The number of hydrogen-bond donors (Lipinski definition) is 1. The number of phenols is 1. The summed E-state index contributed by atoms with van der Waals surface area (Å²) in [5, 5.41) is 10.0. The van der Waals surface area contributed by atoms with E-state index in [1.165, 1.54) is 14.2 Å². The molecule has 1 aromatic carbocycles. The fourth-order valence-electron chi connectivity index (χ4n) is 1.25. The van der Waals surface area contributed by atoms with Crippen molar-refractivity contribution < 1.29 is 19.3 Å². The van der Waals surface area contributed by atoms with Crippen molar-refractivity contribution in [2.45, 2.75) is 6.61 Å². The smallest absolute Gasteiger partial charge is 0.202 e. The molecule has 84 valence electrons. The molecule has 5 heteroatoms. The molecule has 0 spiro atoms. The largest absolute Gasteiger partial charge is 0.502 e. The van der Waals surface area contributed by atoms with Gasteiger partial charge < -0.3 is 19.3 Å². The zero-order chi connectivity index (χ0) is 11.4. The maximum Gasteiger partial charge on any atom is 0.202 e. The molecule has 0 atom stereocenters. The van der Waals surface area contributed by atoms with E-state index in [1.54, 1.807) is 13.2 Å². The Kier molecular flexibility index (Phi) is 4.05. The van der Waals surface area contributed by atoms with E-state index in [1.807, 2.05) is 0 Å². The molecule has 0 amide bonds. The normalized spacial score (nSPS) is 10.1. The van der Waals surface area contributed by atoms with Gasteiger partial charge in [0.05, 0.1) is 25.8 Å². The van der Waals surface area contributed by atoms with Crippen molar-refractivity contribution in [3.8, 4) is 17.2 Å². The highest BCUT2D eigenvalue weighted by molar-refractivity contribution is 6.33. The Balaban J connectivity index is 3.30. The molecule has 0 heterocycles.